The van der Waals surface area contributed by atoms with Gasteiger partial charge in [0.2, 0.25) is 0 Å². The Kier molecular flexibility index (Phi) is 4.11. The van der Waals surface area contributed by atoms with E-state index in [0.29, 0.717) is 11.4 Å². The van der Waals surface area contributed by atoms with Crippen LogP contribution in [0.1, 0.15) is 11.5 Å². The molecular weight excluding hydrogens is 331 g/mol. The summed E-state index contributed by atoms with van der Waals surface area (Å²) in [5.74, 6) is 0.213. The van der Waals surface area contributed by atoms with Gasteiger partial charge in [-0.3, -0.25) is 4.72 Å². The second-order valence-corrected chi connectivity index (χ2v) is 7.02. The molecule has 0 aliphatic rings. The lowest BCUT2D eigenvalue weighted by Crippen LogP contribution is -2.12. The molecule has 0 atom stereocenters. The first-order valence-corrected chi connectivity index (χ1v) is 8.67. The van der Waals surface area contributed by atoms with E-state index < -0.39 is 15.8 Å². The second-order valence-electron chi connectivity index (χ2n) is 5.34. The SMILES string of the molecule is Cc1noc(C)c1-c1ccc(NS(=O)(=O)c2ccc(F)cc2)cc1. The van der Waals surface area contributed by atoms with Gasteiger partial charge in [0.1, 0.15) is 11.6 Å². The molecule has 0 saturated carbocycles. The Hall–Kier alpha value is -2.67. The molecule has 2 aromatic carbocycles. The highest BCUT2D eigenvalue weighted by Gasteiger charge is 2.15. The maximum atomic E-state index is 12.9. The molecule has 0 radical (unpaired) electrons. The molecule has 3 rings (SSSR count). The van der Waals surface area contributed by atoms with Crippen molar-refractivity contribution >= 4 is 15.7 Å². The molecule has 0 bridgehead atoms. The third kappa shape index (κ3) is 3.16. The van der Waals surface area contributed by atoms with Gasteiger partial charge in [0.15, 0.2) is 0 Å². The van der Waals surface area contributed by atoms with E-state index in [1.165, 1.54) is 12.1 Å². The zero-order valence-corrected chi connectivity index (χ0v) is 13.9. The van der Waals surface area contributed by atoms with Crippen molar-refractivity contribution in [2.45, 2.75) is 18.7 Å². The topological polar surface area (TPSA) is 72.2 Å². The predicted octanol–water partition coefficient (Wildman–Crippen LogP) is 3.90. The van der Waals surface area contributed by atoms with E-state index in [2.05, 4.69) is 9.88 Å². The number of sulfonamides is 1. The third-order valence-corrected chi connectivity index (χ3v) is 4.98. The van der Waals surface area contributed by atoms with Gasteiger partial charge in [0.05, 0.1) is 10.6 Å². The maximum Gasteiger partial charge on any atom is 0.261 e. The molecule has 0 saturated heterocycles. The Bertz CT molecular complexity index is 943. The minimum absolute atomic E-state index is 0.00120. The lowest BCUT2D eigenvalue weighted by Gasteiger charge is -2.09. The van der Waals surface area contributed by atoms with E-state index in [1.54, 1.807) is 24.3 Å². The fourth-order valence-corrected chi connectivity index (χ4v) is 3.49. The number of hydrogen-bond donors (Lipinski definition) is 1. The molecule has 7 heteroatoms. The van der Waals surface area contributed by atoms with E-state index in [0.717, 1.165) is 29.0 Å². The molecule has 0 fully saturated rings. The highest BCUT2D eigenvalue weighted by Crippen LogP contribution is 2.28. The monoisotopic (exact) mass is 346 g/mol. The minimum atomic E-state index is -3.76. The molecular formula is C17H15FN2O3S. The number of nitrogens with one attached hydrogen (secondary N) is 1. The van der Waals surface area contributed by atoms with E-state index in [4.69, 9.17) is 4.52 Å². The highest BCUT2D eigenvalue weighted by atomic mass is 32.2. The summed E-state index contributed by atoms with van der Waals surface area (Å²) in [6.45, 7) is 3.66. The van der Waals surface area contributed by atoms with Crippen molar-refractivity contribution in [1.29, 1.82) is 0 Å². The van der Waals surface area contributed by atoms with Crippen LogP contribution in [0.25, 0.3) is 11.1 Å². The quantitative estimate of drug-likeness (QED) is 0.778. The summed E-state index contributed by atoms with van der Waals surface area (Å²) in [6.07, 6.45) is 0. The molecule has 24 heavy (non-hydrogen) atoms. The minimum Gasteiger partial charge on any atom is -0.361 e. The number of benzene rings is 2. The average Bonchev–Trinajstić information content (AvgIpc) is 2.87. The summed E-state index contributed by atoms with van der Waals surface area (Å²) < 4.78 is 45.1. The van der Waals surface area contributed by atoms with Crippen LogP contribution in [0.4, 0.5) is 10.1 Å². The second kappa shape index (κ2) is 6.09. The van der Waals surface area contributed by atoms with Gasteiger partial charge in [-0.2, -0.15) is 0 Å². The van der Waals surface area contributed by atoms with Crippen LogP contribution in [-0.2, 0) is 10.0 Å². The van der Waals surface area contributed by atoms with Gasteiger partial charge in [0, 0.05) is 11.3 Å². The summed E-state index contributed by atoms with van der Waals surface area (Å²) in [5, 5.41) is 3.90. The molecule has 124 valence electrons. The molecule has 0 aliphatic carbocycles. The van der Waals surface area contributed by atoms with Crippen LogP contribution in [0.5, 0.6) is 0 Å². The average molecular weight is 346 g/mol. The molecule has 1 heterocycles. The summed E-state index contributed by atoms with van der Waals surface area (Å²) in [7, 11) is -3.76. The molecule has 0 spiro atoms. The fourth-order valence-electron chi connectivity index (χ4n) is 2.43. The van der Waals surface area contributed by atoms with Crippen molar-refractivity contribution in [2.75, 3.05) is 4.72 Å². The van der Waals surface area contributed by atoms with Gasteiger partial charge in [0.25, 0.3) is 10.0 Å². The van der Waals surface area contributed by atoms with Gasteiger partial charge < -0.3 is 4.52 Å². The van der Waals surface area contributed by atoms with E-state index in [-0.39, 0.29) is 4.90 Å². The van der Waals surface area contributed by atoms with Crippen molar-refractivity contribution in [3.63, 3.8) is 0 Å². The van der Waals surface area contributed by atoms with E-state index in [1.807, 2.05) is 13.8 Å². The van der Waals surface area contributed by atoms with E-state index >= 15 is 0 Å². The third-order valence-electron chi connectivity index (χ3n) is 3.58. The zero-order chi connectivity index (χ0) is 17.3. The van der Waals surface area contributed by atoms with Gasteiger partial charge in [-0.25, -0.2) is 12.8 Å². The Morgan fingerprint density at radius 1 is 1.00 bits per heavy atom. The summed E-state index contributed by atoms with van der Waals surface area (Å²) in [4.78, 5) is -0.00120. The number of nitrogens with zero attached hydrogens (tertiary/aromatic N) is 1. The smallest absolute Gasteiger partial charge is 0.261 e. The first-order chi connectivity index (χ1) is 11.4. The first kappa shape index (κ1) is 16.2. The Morgan fingerprint density at radius 2 is 1.62 bits per heavy atom. The van der Waals surface area contributed by atoms with Crippen molar-refractivity contribution in [3.05, 3.63) is 65.8 Å². The Morgan fingerprint density at radius 3 is 2.17 bits per heavy atom. The Balaban J connectivity index is 1.85. The van der Waals surface area contributed by atoms with Gasteiger partial charge in [-0.1, -0.05) is 17.3 Å². The first-order valence-electron chi connectivity index (χ1n) is 7.18. The number of anilines is 1. The molecule has 0 unspecified atom stereocenters. The summed E-state index contributed by atoms with van der Waals surface area (Å²) in [6, 6.07) is 11.5. The largest absolute Gasteiger partial charge is 0.361 e. The van der Waals surface area contributed by atoms with Crippen molar-refractivity contribution in [1.82, 2.24) is 5.16 Å². The van der Waals surface area contributed by atoms with Crippen molar-refractivity contribution in [3.8, 4) is 11.1 Å². The molecule has 0 amide bonds. The molecule has 0 aliphatic heterocycles. The lowest BCUT2D eigenvalue weighted by atomic mass is 10.0. The fraction of sp³-hybridized carbons (Fsp3) is 0.118. The summed E-state index contributed by atoms with van der Waals surface area (Å²) in [5.41, 5.74) is 2.96. The predicted molar refractivity (Wildman–Crippen MR) is 88.6 cm³/mol. The van der Waals surface area contributed by atoms with Crippen molar-refractivity contribution < 1.29 is 17.3 Å². The standard InChI is InChI=1S/C17H15FN2O3S/c1-11-17(12(2)23-19-11)13-3-7-15(8-4-13)20-24(21,22)16-9-5-14(18)6-10-16/h3-10,20H,1-2H3. The highest BCUT2D eigenvalue weighted by molar-refractivity contribution is 7.92. The van der Waals surface area contributed by atoms with Gasteiger partial charge in [-0.05, 0) is 55.8 Å². The van der Waals surface area contributed by atoms with E-state index in [9.17, 15) is 12.8 Å². The lowest BCUT2D eigenvalue weighted by molar-refractivity contribution is 0.393. The molecule has 5 nitrogen and oxygen atoms in total. The molecule has 1 aromatic heterocycles. The van der Waals surface area contributed by atoms with Crippen LogP contribution < -0.4 is 4.72 Å². The van der Waals surface area contributed by atoms with Crippen LogP contribution in [0.15, 0.2) is 57.9 Å². The van der Waals surface area contributed by atoms with Crippen LogP contribution in [-0.4, -0.2) is 13.6 Å². The van der Waals surface area contributed by atoms with Crippen LogP contribution in [0.2, 0.25) is 0 Å². The number of aryl methyl sites for hydroxylation is 2. The zero-order valence-electron chi connectivity index (χ0n) is 13.1. The van der Waals surface area contributed by atoms with Gasteiger partial charge >= 0.3 is 0 Å². The van der Waals surface area contributed by atoms with Crippen LogP contribution in [0.3, 0.4) is 0 Å². The number of aromatic nitrogens is 1. The Labute approximate surface area is 139 Å². The molecule has 1 N–H and O–H groups in total. The van der Waals surface area contributed by atoms with Crippen LogP contribution >= 0.6 is 0 Å². The van der Waals surface area contributed by atoms with Crippen molar-refractivity contribution in [2.24, 2.45) is 0 Å². The number of rotatable bonds is 4. The number of halogens is 1. The molecule has 3 aromatic rings. The normalized spacial score (nSPS) is 11.5. The van der Waals surface area contributed by atoms with Crippen LogP contribution in [0, 0.1) is 19.7 Å². The number of hydrogen-bond acceptors (Lipinski definition) is 4. The summed E-state index contributed by atoms with van der Waals surface area (Å²) >= 11 is 0. The van der Waals surface area contributed by atoms with Gasteiger partial charge in [-0.15, -0.1) is 0 Å². The maximum absolute atomic E-state index is 12.9.